The minimum absolute atomic E-state index is 0.330. The summed E-state index contributed by atoms with van der Waals surface area (Å²) in [6, 6.07) is 11.9. The maximum absolute atomic E-state index is 11.8. The molecule has 0 aliphatic carbocycles. The molecule has 0 amide bonds. The summed E-state index contributed by atoms with van der Waals surface area (Å²) >= 11 is 0. The van der Waals surface area contributed by atoms with E-state index >= 15 is 0 Å². The molecule has 2 rings (SSSR count). The molecule has 0 spiro atoms. The Morgan fingerprint density at radius 1 is 0.826 bits per heavy atom. The largest absolute Gasteiger partial charge is 0.497 e. The molecule has 2 aromatic carbocycles. The van der Waals surface area contributed by atoms with Gasteiger partial charge in [0.25, 0.3) is 0 Å². The van der Waals surface area contributed by atoms with Crippen molar-refractivity contribution in [3.8, 4) is 34.8 Å². The fraction of sp³-hybridized carbons (Fsp3) is 0.167. The molecule has 0 unspecified atom stereocenters. The molecule has 0 radical (unpaired) electrons. The summed E-state index contributed by atoms with van der Waals surface area (Å²) in [6.45, 7) is 0. The van der Waals surface area contributed by atoms with Crippen LogP contribution in [0.4, 0.5) is 0 Å². The van der Waals surface area contributed by atoms with Gasteiger partial charge < -0.3 is 18.9 Å². The molecule has 5 heteroatoms. The van der Waals surface area contributed by atoms with Crippen LogP contribution in [0.2, 0.25) is 0 Å². The van der Waals surface area contributed by atoms with Crippen LogP contribution in [0.5, 0.6) is 23.0 Å². The van der Waals surface area contributed by atoms with Crippen molar-refractivity contribution in [3.05, 3.63) is 48.0 Å². The molecule has 0 saturated carbocycles. The van der Waals surface area contributed by atoms with E-state index in [4.69, 9.17) is 18.9 Å². The predicted octanol–water partition coefficient (Wildman–Crippen LogP) is 2.67. The van der Waals surface area contributed by atoms with E-state index in [1.807, 2.05) is 0 Å². The number of carbonyl (C=O) groups excluding carboxylic acids is 1. The topological polar surface area (TPSA) is 54.0 Å². The summed E-state index contributed by atoms with van der Waals surface area (Å²) in [5, 5.41) is 0. The van der Waals surface area contributed by atoms with Crippen LogP contribution >= 0.6 is 0 Å². The zero-order valence-electron chi connectivity index (χ0n) is 13.1. The average molecular weight is 312 g/mol. The Kier molecular flexibility index (Phi) is 5.48. The van der Waals surface area contributed by atoms with Crippen LogP contribution in [0, 0.1) is 11.8 Å². The molecule has 0 aromatic heterocycles. The van der Waals surface area contributed by atoms with Gasteiger partial charge in [-0.25, -0.2) is 4.79 Å². The van der Waals surface area contributed by atoms with E-state index in [2.05, 4.69) is 11.8 Å². The van der Waals surface area contributed by atoms with Crippen LogP contribution in [0.3, 0.4) is 0 Å². The van der Waals surface area contributed by atoms with Crippen molar-refractivity contribution in [1.82, 2.24) is 0 Å². The van der Waals surface area contributed by atoms with Gasteiger partial charge in [0.05, 0.1) is 21.3 Å². The number of hydrogen-bond acceptors (Lipinski definition) is 5. The first-order valence-corrected chi connectivity index (χ1v) is 6.76. The Labute approximate surface area is 134 Å². The number of rotatable bonds is 4. The monoisotopic (exact) mass is 312 g/mol. The van der Waals surface area contributed by atoms with Crippen molar-refractivity contribution in [2.75, 3.05) is 21.3 Å². The van der Waals surface area contributed by atoms with Crippen LogP contribution in [-0.2, 0) is 4.79 Å². The highest BCUT2D eigenvalue weighted by molar-refractivity contribution is 5.90. The molecule has 0 fully saturated rings. The van der Waals surface area contributed by atoms with Gasteiger partial charge >= 0.3 is 5.97 Å². The summed E-state index contributed by atoms with van der Waals surface area (Å²) in [6.07, 6.45) is 0. The highest BCUT2D eigenvalue weighted by Gasteiger charge is 2.07. The third-order valence-electron chi connectivity index (χ3n) is 2.96. The first-order chi connectivity index (χ1) is 11.2. The lowest BCUT2D eigenvalue weighted by Gasteiger charge is -2.08. The number of methoxy groups -OCH3 is 3. The molecule has 5 nitrogen and oxygen atoms in total. The molecule has 0 bridgehead atoms. The van der Waals surface area contributed by atoms with Gasteiger partial charge in [0.2, 0.25) is 0 Å². The fourth-order valence-electron chi connectivity index (χ4n) is 1.81. The molecular formula is C18H16O5. The van der Waals surface area contributed by atoms with Crippen molar-refractivity contribution >= 4 is 5.97 Å². The number of esters is 1. The first-order valence-electron chi connectivity index (χ1n) is 6.76. The molecule has 23 heavy (non-hydrogen) atoms. The van der Waals surface area contributed by atoms with Gasteiger partial charge in [0, 0.05) is 17.6 Å². The normalized spacial score (nSPS) is 9.35. The minimum Gasteiger partial charge on any atom is -0.497 e. The molecular weight excluding hydrogens is 296 g/mol. The zero-order chi connectivity index (χ0) is 16.7. The van der Waals surface area contributed by atoms with E-state index in [-0.39, 0.29) is 0 Å². The van der Waals surface area contributed by atoms with Gasteiger partial charge in [0.1, 0.15) is 11.5 Å². The maximum Gasteiger partial charge on any atom is 0.390 e. The second-order valence-electron chi connectivity index (χ2n) is 4.38. The van der Waals surface area contributed by atoms with Gasteiger partial charge in [-0.2, -0.15) is 0 Å². The van der Waals surface area contributed by atoms with Crippen molar-refractivity contribution in [1.29, 1.82) is 0 Å². The van der Waals surface area contributed by atoms with E-state index in [9.17, 15) is 4.79 Å². The molecule has 0 heterocycles. The summed E-state index contributed by atoms with van der Waals surface area (Å²) in [5.74, 6) is 6.58. The molecule has 0 aliphatic rings. The third-order valence-corrected chi connectivity index (χ3v) is 2.96. The summed E-state index contributed by atoms with van der Waals surface area (Å²) < 4.78 is 20.5. The van der Waals surface area contributed by atoms with E-state index in [1.54, 1.807) is 49.6 Å². The van der Waals surface area contributed by atoms with Crippen LogP contribution < -0.4 is 18.9 Å². The lowest BCUT2D eigenvalue weighted by Crippen LogP contribution is -2.04. The predicted molar refractivity (Wildman–Crippen MR) is 85.1 cm³/mol. The van der Waals surface area contributed by atoms with Crippen molar-refractivity contribution in [2.24, 2.45) is 0 Å². The minimum atomic E-state index is -0.659. The van der Waals surface area contributed by atoms with Crippen LogP contribution in [0.1, 0.15) is 5.56 Å². The zero-order valence-corrected chi connectivity index (χ0v) is 13.1. The highest BCUT2D eigenvalue weighted by atomic mass is 16.5. The van der Waals surface area contributed by atoms with Crippen molar-refractivity contribution in [2.45, 2.75) is 0 Å². The summed E-state index contributed by atoms with van der Waals surface area (Å²) in [4.78, 5) is 11.8. The molecule has 0 aliphatic heterocycles. The van der Waals surface area contributed by atoms with Gasteiger partial charge in [-0.05, 0) is 36.4 Å². The Bertz CT molecular complexity index is 738. The van der Waals surface area contributed by atoms with Crippen LogP contribution in [0.25, 0.3) is 0 Å². The number of ether oxygens (including phenoxy) is 4. The second-order valence-corrected chi connectivity index (χ2v) is 4.38. The summed E-state index contributed by atoms with van der Waals surface area (Å²) in [5.41, 5.74) is 0.690. The highest BCUT2D eigenvalue weighted by Crippen LogP contribution is 2.30. The van der Waals surface area contributed by atoms with Crippen molar-refractivity contribution in [3.63, 3.8) is 0 Å². The second kappa shape index (κ2) is 7.76. The van der Waals surface area contributed by atoms with E-state index in [0.29, 0.717) is 22.8 Å². The SMILES string of the molecule is COc1ccc(C#CC(=O)Oc2ccc(OC)c(OC)c2)cc1. The maximum atomic E-state index is 11.8. The lowest BCUT2D eigenvalue weighted by atomic mass is 10.2. The van der Waals surface area contributed by atoms with Gasteiger partial charge in [-0.15, -0.1) is 0 Å². The number of carbonyl (C=O) groups is 1. The van der Waals surface area contributed by atoms with Gasteiger partial charge in [0.15, 0.2) is 11.5 Å². The van der Waals surface area contributed by atoms with E-state index in [0.717, 1.165) is 5.75 Å². The summed E-state index contributed by atoms with van der Waals surface area (Å²) in [7, 11) is 4.62. The lowest BCUT2D eigenvalue weighted by molar-refractivity contribution is -0.128. The van der Waals surface area contributed by atoms with Crippen LogP contribution in [0.15, 0.2) is 42.5 Å². The van der Waals surface area contributed by atoms with Crippen molar-refractivity contribution < 1.29 is 23.7 Å². The molecule has 0 N–H and O–H groups in total. The first kappa shape index (κ1) is 16.2. The smallest absolute Gasteiger partial charge is 0.390 e. The molecule has 118 valence electrons. The fourth-order valence-corrected chi connectivity index (χ4v) is 1.81. The van der Waals surface area contributed by atoms with E-state index in [1.165, 1.54) is 14.2 Å². The Hall–Kier alpha value is -3.13. The van der Waals surface area contributed by atoms with Gasteiger partial charge in [-0.1, -0.05) is 5.92 Å². The Balaban J connectivity index is 2.06. The quantitative estimate of drug-likeness (QED) is 0.493. The number of benzene rings is 2. The third kappa shape index (κ3) is 4.42. The number of hydrogen-bond donors (Lipinski definition) is 0. The Morgan fingerprint density at radius 2 is 1.48 bits per heavy atom. The van der Waals surface area contributed by atoms with Crippen LogP contribution in [-0.4, -0.2) is 27.3 Å². The molecule has 0 saturated heterocycles. The van der Waals surface area contributed by atoms with E-state index < -0.39 is 5.97 Å². The Morgan fingerprint density at radius 3 is 2.09 bits per heavy atom. The standard InChI is InChI=1S/C18H16O5/c1-20-14-7-4-13(5-8-14)6-11-18(19)23-15-9-10-16(21-2)17(12-15)22-3/h4-5,7-10,12H,1-3H3. The average Bonchev–Trinajstić information content (AvgIpc) is 2.60. The van der Waals surface area contributed by atoms with Gasteiger partial charge in [-0.3, -0.25) is 0 Å². The molecule has 2 aromatic rings. The molecule has 0 atom stereocenters.